The Morgan fingerprint density at radius 3 is 2.77 bits per heavy atom. The molecule has 0 fully saturated rings. The minimum Gasteiger partial charge on any atom is -0.497 e. The highest BCUT2D eigenvalue weighted by atomic mass is 16.5. The predicted octanol–water partition coefficient (Wildman–Crippen LogP) is 3.93. The summed E-state index contributed by atoms with van der Waals surface area (Å²) in [5.41, 5.74) is 3.11. The predicted molar refractivity (Wildman–Crippen MR) is 102 cm³/mol. The Morgan fingerprint density at radius 1 is 1.23 bits per heavy atom. The fourth-order valence-electron chi connectivity index (χ4n) is 3.32. The first-order valence-corrected chi connectivity index (χ1v) is 8.84. The minimum atomic E-state index is -0.0518. The first kappa shape index (κ1) is 16.5. The molecule has 0 amide bonds. The number of hydrogen-bond donors (Lipinski definition) is 1. The van der Waals surface area contributed by atoms with Crippen molar-refractivity contribution in [3.63, 3.8) is 0 Å². The van der Waals surface area contributed by atoms with Crippen LogP contribution in [0.1, 0.15) is 18.9 Å². The average molecular weight is 351 g/mol. The van der Waals surface area contributed by atoms with Crippen molar-refractivity contribution in [2.45, 2.75) is 19.8 Å². The maximum absolute atomic E-state index is 13.3. The van der Waals surface area contributed by atoms with Gasteiger partial charge in [0.05, 0.1) is 31.2 Å². The molecule has 0 spiro atoms. The number of hydrogen-bond acceptors (Lipinski definition) is 4. The van der Waals surface area contributed by atoms with Crippen molar-refractivity contribution in [1.82, 2.24) is 4.98 Å². The van der Waals surface area contributed by atoms with Crippen LogP contribution in [-0.4, -0.2) is 25.3 Å². The molecule has 0 aliphatic carbocycles. The van der Waals surface area contributed by atoms with Crippen LogP contribution in [-0.2, 0) is 6.42 Å². The number of benzene rings is 2. The van der Waals surface area contributed by atoms with E-state index in [1.165, 1.54) is 0 Å². The van der Waals surface area contributed by atoms with Crippen molar-refractivity contribution in [3.05, 3.63) is 52.3 Å². The second kappa shape index (κ2) is 6.75. The lowest BCUT2D eigenvalue weighted by molar-refractivity contribution is 0.320. The molecule has 0 radical (unpaired) electrons. The van der Waals surface area contributed by atoms with Crippen LogP contribution < -0.4 is 19.6 Å². The highest BCUT2D eigenvalue weighted by molar-refractivity contribution is 5.94. The maximum Gasteiger partial charge on any atom is 0.201 e. The molecule has 26 heavy (non-hydrogen) atoms. The Balaban J connectivity index is 1.92. The third kappa shape index (κ3) is 2.69. The smallest absolute Gasteiger partial charge is 0.201 e. The van der Waals surface area contributed by atoms with Gasteiger partial charge in [0.1, 0.15) is 17.2 Å². The van der Waals surface area contributed by atoms with E-state index >= 15 is 0 Å². The summed E-state index contributed by atoms with van der Waals surface area (Å²) < 4.78 is 16.9. The third-order valence-corrected chi connectivity index (χ3v) is 4.63. The van der Waals surface area contributed by atoms with Gasteiger partial charge in [-0.25, -0.2) is 0 Å². The van der Waals surface area contributed by atoms with E-state index in [-0.39, 0.29) is 5.43 Å². The molecule has 0 atom stereocenters. The first-order chi connectivity index (χ1) is 12.7. The van der Waals surface area contributed by atoms with Gasteiger partial charge in [0, 0.05) is 23.7 Å². The molecule has 0 bridgehead atoms. The normalized spacial score (nSPS) is 12.7. The van der Waals surface area contributed by atoms with Gasteiger partial charge in [0.15, 0.2) is 0 Å². The topological polar surface area (TPSA) is 60.5 Å². The van der Waals surface area contributed by atoms with Crippen LogP contribution in [0.2, 0.25) is 0 Å². The van der Waals surface area contributed by atoms with Gasteiger partial charge in [-0.2, -0.15) is 0 Å². The van der Waals surface area contributed by atoms with E-state index in [9.17, 15) is 4.79 Å². The molecule has 3 aromatic rings. The lowest BCUT2D eigenvalue weighted by atomic mass is 10.0. The molecule has 1 aromatic heterocycles. The molecule has 1 N–H and O–H groups in total. The van der Waals surface area contributed by atoms with Gasteiger partial charge < -0.3 is 19.2 Å². The van der Waals surface area contributed by atoms with Crippen LogP contribution in [0.3, 0.4) is 0 Å². The van der Waals surface area contributed by atoms with Crippen LogP contribution >= 0.6 is 0 Å². The van der Waals surface area contributed by atoms with Crippen molar-refractivity contribution in [2.75, 3.05) is 20.3 Å². The summed E-state index contributed by atoms with van der Waals surface area (Å²) in [5.74, 6) is 2.15. The lowest BCUT2D eigenvalue weighted by Crippen LogP contribution is -2.09. The van der Waals surface area contributed by atoms with Gasteiger partial charge in [-0.15, -0.1) is 0 Å². The second-order valence-corrected chi connectivity index (χ2v) is 6.32. The zero-order valence-corrected chi connectivity index (χ0v) is 14.9. The lowest BCUT2D eigenvalue weighted by Gasteiger charge is -2.13. The quantitative estimate of drug-likeness (QED) is 0.757. The highest BCUT2D eigenvalue weighted by Gasteiger charge is 2.23. The number of aromatic amines is 1. The van der Waals surface area contributed by atoms with E-state index in [1.807, 2.05) is 30.3 Å². The fraction of sp³-hybridized carbons (Fsp3) is 0.286. The van der Waals surface area contributed by atoms with E-state index < -0.39 is 0 Å². The van der Waals surface area contributed by atoms with Crippen LogP contribution in [0.15, 0.2) is 41.3 Å². The SMILES string of the molecule is CCCOc1cc2c(c3c(=O)c(-c4ccc(OC)cc4)c[nH]c13)OCC2. The molecule has 0 saturated heterocycles. The van der Waals surface area contributed by atoms with Gasteiger partial charge in [-0.05, 0) is 30.2 Å². The van der Waals surface area contributed by atoms with E-state index in [1.54, 1.807) is 13.3 Å². The van der Waals surface area contributed by atoms with Crippen molar-refractivity contribution >= 4 is 10.9 Å². The minimum absolute atomic E-state index is 0.0518. The molecule has 4 rings (SSSR count). The number of nitrogens with one attached hydrogen (secondary N) is 1. The summed E-state index contributed by atoms with van der Waals surface area (Å²) in [6.45, 7) is 3.26. The van der Waals surface area contributed by atoms with Crippen LogP contribution in [0.4, 0.5) is 0 Å². The number of ether oxygens (including phenoxy) is 3. The van der Waals surface area contributed by atoms with Crippen LogP contribution in [0.25, 0.3) is 22.0 Å². The molecule has 0 unspecified atom stereocenters. The van der Waals surface area contributed by atoms with Crippen molar-refractivity contribution < 1.29 is 14.2 Å². The van der Waals surface area contributed by atoms with E-state index in [0.29, 0.717) is 41.2 Å². The van der Waals surface area contributed by atoms with Gasteiger partial charge >= 0.3 is 0 Å². The standard InChI is InChI=1S/C21H21NO4/c1-3-9-25-17-11-14-8-10-26-21(14)18-19(17)22-12-16(20(18)23)13-4-6-15(24-2)7-5-13/h4-7,11-12H,3,8-10H2,1-2H3,(H,22,23). The van der Waals surface area contributed by atoms with Gasteiger partial charge in [0.2, 0.25) is 5.43 Å². The molecule has 1 aliphatic rings. The summed E-state index contributed by atoms with van der Waals surface area (Å²) in [5, 5.41) is 0.569. The summed E-state index contributed by atoms with van der Waals surface area (Å²) in [6, 6.07) is 9.45. The van der Waals surface area contributed by atoms with Crippen molar-refractivity contribution in [1.29, 1.82) is 0 Å². The monoisotopic (exact) mass is 351 g/mol. The Labute approximate surface area is 151 Å². The van der Waals surface area contributed by atoms with E-state index in [4.69, 9.17) is 14.2 Å². The van der Waals surface area contributed by atoms with Crippen LogP contribution in [0.5, 0.6) is 17.2 Å². The Kier molecular flexibility index (Phi) is 4.29. The number of pyridine rings is 1. The summed E-state index contributed by atoms with van der Waals surface area (Å²) in [7, 11) is 1.62. The maximum atomic E-state index is 13.3. The van der Waals surface area contributed by atoms with Gasteiger partial charge in [-0.3, -0.25) is 4.79 Å². The molecule has 2 heterocycles. The molecule has 0 saturated carbocycles. The molecule has 2 aromatic carbocycles. The van der Waals surface area contributed by atoms with E-state index in [0.717, 1.165) is 29.7 Å². The Bertz CT molecular complexity index is 1010. The fourth-order valence-corrected chi connectivity index (χ4v) is 3.32. The highest BCUT2D eigenvalue weighted by Crippen LogP contribution is 2.38. The molecule has 1 aliphatic heterocycles. The number of H-pyrrole nitrogens is 1. The van der Waals surface area contributed by atoms with Gasteiger partial charge in [0.25, 0.3) is 0 Å². The second-order valence-electron chi connectivity index (χ2n) is 6.32. The zero-order chi connectivity index (χ0) is 18.1. The Hall–Kier alpha value is -2.95. The molecule has 5 heteroatoms. The van der Waals surface area contributed by atoms with Gasteiger partial charge in [-0.1, -0.05) is 19.1 Å². The van der Waals surface area contributed by atoms with Crippen LogP contribution in [0, 0.1) is 0 Å². The molecule has 134 valence electrons. The summed E-state index contributed by atoms with van der Waals surface area (Å²) in [4.78, 5) is 16.5. The first-order valence-electron chi connectivity index (χ1n) is 8.84. The largest absolute Gasteiger partial charge is 0.497 e. The number of rotatable bonds is 5. The molecular formula is C21H21NO4. The van der Waals surface area contributed by atoms with Crippen molar-refractivity contribution in [3.8, 4) is 28.4 Å². The Morgan fingerprint density at radius 2 is 2.04 bits per heavy atom. The van der Waals surface area contributed by atoms with E-state index in [2.05, 4.69) is 11.9 Å². The van der Waals surface area contributed by atoms with Crippen molar-refractivity contribution in [2.24, 2.45) is 0 Å². The number of methoxy groups -OCH3 is 1. The summed E-state index contributed by atoms with van der Waals surface area (Å²) >= 11 is 0. The zero-order valence-electron chi connectivity index (χ0n) is 14.9. The molecular weight excluding hydrogens is 330 g/mol. The summed E-state index contributed by atoms with van der Waals surface area (Å²) in [6.07, 6.45) is 3.44. The number of aromatic nitrogens is 1. The third-order valence-electron chi connectivity index (χ3n) is 4.63. The molecule has 5 nitrogen and oxygen atoms in total. The average Bonchev–Trinajstić information content (AvgIpc) is 3.14. The number of fused-ring (bicyclic) bond motifs is 3.